The SMILES string of the molecule is CC.Cc1ccc(-c2cn(C)c(=O)c3cccc(N)c23)cc1NS(C)(=O)=O. The molecule has 144 valence electrons. The van der Waals surface area contributed by atoms with E-state index in [0.29, 0.717) is 22.1 Å². The van der Waals surface area contributed by atoms with Crippen molar-refractivity contribution in [2.45, 2.75) is 20.8 Å². The molecule has 0 aliphatic heterocycles. The zero-order valence-electron chi connectivity index (χ0n) is 16.2. The molecule has 3 aromatic rings. The molecule has 0 amide bonds. The van der Waals surface area contributed by atoms with Gasteiger partial charge in [0, 0.05) is 35.3 Å². The van der Waals surface area contributed by atoms with Gasteiger partial charge in [-0.25, -0.2) is 8.42 Å². The van der Waals surface area contributed by atoms with Crippen LogP contribution in [0.5, 0.6) is 0 Å². The van der Waals surface area contributed by atoms with Crippen molar-refractivity contribution >= 4 is 32.2 Å². The fraction of sp³-hybridized carbons (Fsp3) is 0.250. The summed E-state index contributed by atoms with van der Waals surface area (Å²) in [6.45, 7) is 5.82. The molecule has 0 radical (unpaired) electrons. The third kappa shape index (κ3) is 4.31. The molecule has 0 saturated heterocycles. The number of nitrogens with two attached hydrogens (primary N) is 1. The Bertz CT molecular complexity index is 1150. The molecule has 7 heteroatoms. The second-order valence-corrected chi connectivity index (χ2v) is 7.88. The van der Waals surface area contributed by atoms with E-state index in [0.717, 1.165) is 22.9 Å². The molecule has 0 bridgehead atoms. The fourth-order valence-corrected chi connectivity index (χ4v) is 3.49. The molecular weight excluding hydrogens is 362 g/mol. The van der Waals surface area contributed by atoms with Crippen molar-refractivity contribution in [3.63, 3.8) is 0 Å². The lowest BCUT2D eigenvalue weighted by molar-refractivity contribution is 0.607. The summed E-state index contributed by atoms with van der Waals surface area (Å²) in [6.07, 6.45) is 2.83. The van der Waals surface area contributed by atoms with Crippen LogP contribution in [-0.2, 0) is 17.1 Å². The maximum atomic E-state index is 12.4. The van der Waals surface area contributed by atoms with Gasteiger partial charge in [0.25, 0.3) is 5.56 Å². The van der Waals surface area contributed by atoms with Gasteiger partial charge in [0.2, 0.25) is 10.0 Å². The Morgan fingerprint density at radius 3 is 2.41 bits per heavy atom. The predicted molar refractivity (Wildman–Crippen MR) is 114 cm³/mol. The van der Waals surface area contributed by atoms with Crippen molar-refractivity contribution in [2.24, 2.45) is 7.05 Å². The van der Waals surface area contributed by atoms with E-state index in [2.05, 4.69) is 4.72 Å². The first-order valence-electron chi connectivity index (χ1n) is 8.64. The van der Waals surface area contributed by atoms with E-state index in [1.165, 1.54) is 4.57 Å². The first kappa shape index (κ1) is 20.5. The minimum atomic E-state index is -3.39. The first-order valence-corrected chi connectivity index (χ1v) is 10.5. The fourth-order valence-electron chi connectivity index (χ4n) is 2.87. The van der Waals surface area contributed by atoms with Gasteiger partial charge in [-0.15, -0.1) is 0 Å². The van der Waals surface area contributed by atoms with Crippen LogP contribution in [-0.4, -0.2) is 19.2 Å². The molecule has 3 rings (SSSR count). The number of nitrogens with one attached hydrogen (secondary N) is 1. The van der Waals surface area contributed by atoms with Crippen LogP contribution in [0.15, 0.2) is 47.4 Å². The first-order chi connectivity index (χ1) is 12.7. The number of benzene rings is 2. The summed E-state index contributed by atoms with van der Waals surface area (Å²) in [6, 6.07) is 10.7. The predicted octanol–water partition coefficient (Wildman–Crippen LogP) is 3.49. The van der Waals surface area contributed by atoms with Gasteiger partial charge in [0.15, 0.2) is 0 Å². The van der Waals surface area contributed by atoms with Crippen molar-refractivity contribution in [3.8, 4) is 11.1 Å². The maximum absolute atomic E-state index is 12.4. The Labute approximate surface area is 159 Å². The van der Waals surface area contributed by atoms with Crippen molar-refractivity contribution in [1.29, 1.82) is 0 Å². The zero-order valence-corrected chi connectivity index (χ0v) is 17.0. The number of rotatable bonds is 3. The van der Waals surface area contributed by atoms with Gasteiger partial charge < -0.3 is 10.3 Å². The Kier molecular flexibility index (Phi) is 5.95. The highest BCUT2D eigenvalue weighted by Gasteiger charge is 2.13. The molecular formula is C20H25N3O3S. The molecule has 0 atom stereocenters. The molecule has 6 nitrogen and oxygen atoms in total. The molecule has 0 unspecified atom stereocenters. The number of anilines is 2. The third-order valence-electron chi connectivity index (χ3n) is 4.08. The Morgan fingerprint density at radius 1 is 1.11 bits per heavy atom. The Hall–Kier alpha value is -2.80. The molecule has 1 aromatic heterocycles. The van der Waals surface area contributed by atoms with Gasteiger partial charge in [-0.3, -0.25) is 9.52 Å². The average molecular weight is 388 g/mol. The van der Waals surface area contributed by atoms with E-state index in [1.54, 1.807) is 37.5 Å². The second-order valence-electron chi connectivity index (χ2n) is 6.13. The van der Waals surface area contributed by atoms with Gasteiger partial charge in [-0.1, -0.05) is 32.0 Å². The van der Waals surface area contributed by atoms with Crippen LogP contribution in [0.1, 0.15) is 19.4 Å². The smallest absolute Gasteiger partial charge is 0.258 e. The highest BCUT2D eigenvalue weighted by molar-refractivity contribution is 7.92. The summed E-state index contributed by atoms with van der Waals surface area (Å²) in [5, 5.41) is 1.19. The van der Waals surface area contributed by atoms with Gasteiger partial charge in [-0.2, -0.15) is 0 Å². The standard InChI is InChI=1S/C18H19N3O3S.C2H6/c1-11-7-8-12(9-16(11)20-25(3,23)24)14-10-21(2)18(22)13-5-4-6-15(19)17(13)14;1-2/h4-10,20H,19H2,1-3H3;1-2H3. The number of hydrogen-bond donors (Lipinski definition) is 2. The number of nitrogen functional groups attached to an aromatic ring is 1. The molecule has 2 aromatic carbocycles. The molecule has 0 fully saturated rings. The molecule has 0 aliphatic rings. The lowest BCUT2D eigenvalue weighted by Crippen LogP contribution is -2.17. The van der Waals surface area contributed by atoms with E-state index < -0.39 is 10.0 Å². The van der Waals surface area contributed by atoms with Gasteiger partial charge in [0.05, 0.1) is 11.9 Å². The van der Waals surface area contributed by atoms with Crippen LogP contribution in [0.4, 0.5) is 11.4 Å². The molecule has 0 aliphatic carbocycles. The topological polar surface area (TPSA) is 94.2 Å². The highest BCUT2D eigenvalue weighted by Crippen LogP contribution is 2.33. The molecule has 0 spiro atoms. The number of fused-ring (bicyclic) bond motifs is 1. The van der Waals surface area contributed by atoms with E-state index >= 15 is 0 Å². The maximum Gasteiger partial charge on any atom is 0.258 e. The van der Waals surface area contributed by atoms with Crippen molar-refractivity contribution in [2.75, 3.05) is 16.7 Å². The largest absolute Gasteiger partial charge is 0.398 e. The van der Waals surface area contributed by atoms with Gasteiger partial charge >= 0.3 is 0 Å². The number of aryl methyl sites for hydroxylation is 2. The lowest BCUT2D eigenvalue weighted by Gasteiger charge is -2.14. The van der Waals surface area contributed by atoms with Crippen LogP contribution >= 0.6 is 0 Å². The number of pyridine rings is 1. The molecule has 3 N–H and O–H groups in total. The van der Waals surface area contributed by atoms with Crippen LogP contribution in [0.25, 0.3) is 21.9 Å². The van der Waals surface area contributed by atoms with Crippen molar-refractivity contribution < 1.29 is 8.42 Å². The number of hydrogen-bond acceptors (Lipinski definition) is 4. The highest BCUT2D eigenvalue weighted by atomic mass is 32.2. The van der Waals surface area contributed by atoms with E-state index in [4.69, 9.17) is 5.73 Å². The van der Waals surface area contributed by atoms with E-state index in [-0.39, 0.29) is 5.56 Å². The summed E-state index contributed by atoms with van der Waals surface area (Å²) in [5.74, 6) is 0. The average Bonchev–Trinajstić information content (AvgIpc) is 2.61. The summed E-state index contributed by atoms with van der Waals surface area (Å²) >= 11 is 0. The second kappa shape index (κ2) is 7.84. The lowest BCUT2D eigenvalue weighted by atomic mass is 9.98. The van der Waals surface area contributed by atoms with Crippen molar-refractivity contribution in [1.82, 2.24) is 4.57 Å². The van der Waals surface area contributed by atoms with E-state index in [1.807, 2.05) is 32.9 Å². The van der Waals surface area contributed by atoms with Crippen LogP contribution in [0.2, 0.25) is 0 Å². The summed E-state index contributed by atoms with van der Waals surface area (Å²) in [4.78, 5) is 12.4. The molecule has 1 heterocycles. The zero-order chi connectivity index (χ0) is 20.4. The number of nitrogens with zero attached hydrogens (tertiary/aromatic N) is 1. The summed E-state index contributed by atoms with van der Waals surface area (Å²) < 4.78 is 27.2. The molecule has 27 heavy (non-hydrogen) atoms. The summed E-state index contributed by atoms with van der Waals surface area (Å²) in [7, 11) is -1.72. The molecule has 0 saturated carbocycles. The van der Waals surface area contributed by atoms with Crippen LogP contribution < -0.4 is 16.0 Å². The van der Waals surface area contributed by atoms with Gasteiger partial charge in [0.1, 0.15) is 0 Å². The van der Waals surface area contributed by atoms with Gasteiger partial charge in [-0.05, 0) is 36.2 Å². The third-order valence-corrected chi connectivity index (χ3v) is 4.67. The minimum absolute atomic E-state index is 0.132. The Morgan fingerprint density at radius 2 is 1.78 bits per heavy atom. The monoisotopic (exact) mass is 387 g/mol. The summed E-state index contributed by atoms with van der Waals surface area (Å²) in [5.41, 5.74) is 9.34. The quantitative estimate of drug-likeness (QED) is 0.673. The van der Waals surface area contributed by atoms with Crippen molar-refractivity contribution in [3.05, 3.63) is 58.5 Å². The van der Waals surface area contributed by atoms with Crippen LogP contribution in [0.3, 0.4) is 0 Å². The Balaban J connectivity index is 0.00000126. The normalized spacial score (nSPS) is 11.0. The van der Waals surface area contributed by atoms with E-state index in [9.17, 15) is 13.2 Å². The van der Waals surface area contributed by atoms with Crippen LogP contribution in [0, 0.1) is 6.92 Å². The number of sulfonamides is 1. The number of aromatic nitrogens is 1. The minimum Gasteiger partial charge on any atom is -0.398 e.